The summed E-state index contributed by atoms with van der Waals surface area (Å²) in [6.45, 7) is 11.3. The molecular formula is C15H23Br. The molecule has 0 aliphatic carbocycles. The van der Waals surface area contributed by atoms with Crippen LogP contribution in [0, 0.1) is 5.41 Å². The number of benzene rings is 1. The third kappa shape index (κ3) is 3.35. The van der Waals surface area contributed by atoms with Crippen molar-refractivity contribution in [2.24, 2.45) is 5.41 Å². The Labute approximate surface area is 109 Å². The van der Waals surface area contributed by atoms with Crippen molar-refractivity contribution in [2.45, 2.75) is 51.8 Å². The zero-order chi connectivity index (χ0) is 12.3. The maximum atomic E-state index is 3.79. The van der Waals surface area contributed by atoms with Crippen LogP contribution in [0.5, 0.6) is 0 Å². The Morgan fingerprint density at radius 1 is 1.06 bits per heavy atom. The van der Waals surface area contributed by atoms with E-state index in [9.17, 15) is 0 Å². The fourth-order valence-electron chi connectivity index (χ4n) is 1.73. The van der Waals surface area contributed by atoms with Crippen LogP contribution in [-0.2, 0) is 0 Å². The van der Waals surface area contributed by atoms with Gasteiger partial charge in [0.15, 0.2) is 0 Å². The van der Waals surface area contributed by atoms with Crippen LogP contribution in [0.15, 0.2) is 24.3 Å². The van der Waals surface area contributed by atoms with Gasteiger partial charge in [0.1, 0.15) is 0 Å². The summed E-state index contributed by atoms with van der Waals surface area (Å²) in [6.07, 6.45) is 1.20. The number of halogens is 1. The van der Waals surface area contributed by atoms with Gasteiger partial charge in [0, 0.05) is 4.83 Å². The highest BCUT2D eigenvalue weighted by Gasteiger charge is 2.23. The second-order valence-corrected chi connectivity index (χ2v) is 6.62. The predicted molar refractivity (Wildman–Crippen MR) is 76.3 cm³/mol. The van der Waals surface area contributed by atoms with Gasteiger partial charge in [-0.05, 0) is 28.9 Å². The Kier molecular flexibility index (Phi) is 4.61. The quantitative estimate of drug-likeness (QED) is 0.626. The largest absolute Gasteiger partial charge is 0.0833 e. The van der Waals surface area contributed by atoms with E-state index in [0.29, 0.717) is 10.7 Å². The minimum absolute atomic E-state index is 0.262. The molecule has 2 unspecified atom stereocenters. The highest BCUT2D eigenvalue weighted by atomic mass is 79.9. The SMILES string of the molecule is CCC(C)c1ccc(C(Br)C(C)(C)C)cc1. The molecule has 1 aromatic rings. The molecule has 0 saturated carbocycles. The second kappa shape index (κ2) is 5.35. The Bertz CT molecular complexity index is 318. The van der Waals surface area contributed by atoms with Crippen molar-refractivity contribution in [3.05, 3.63) is 35.4 Å². The Hall–Kier alpha value is -0.300. The van der Waals surface area contributed by atoms with E-state index >= 15 is 0 Å². The molecule has 0 aliphatic rings. The monoisotopic (exact) mass is 282 g/mol. The second-order valence-electron chi connectivity index (χ2n) is 5.70. The van der Waals surface area contributed by atoms with E-state index in [0.717, 1.165) is 0 Å². The topological polar surface area (TPSA) is 0 Å². The minimum Gasteiger partial charge on any atom is -0.0833 e. The minimum atomic E-state index is 0.262. The Balaban J connectivity index is 2.87. The summed E-state index contributed by atoms with van der Waals surface area (Å²) >= 11 is 3.79. The Morgan fingerprint density at radius 2 is 1.50 bits per heavy atom. The lowest BCUT2D eigenvalue weighted by Crippen LogP contribution is -2.12. The lowest BCUT2D eigenvalue weighted by atomic mass is 9.87. The van der Waals surface area contributed by atoms with E-state index in [1.54, 1.807) is 0 Å². The highest BCUT2D eigenvalue weighted by Crippen LogP contribution is 2.40. The molecule has 0 fully saturated rings. The molecule has 90 valence electrons. The van der Waals surface area contributed by atoms with Crippen LogP contribution in [-0.4, -0.2) is 0 Å². The van der Waals surface area contributed by atoms with Crippen LogP contribution in [0.2, 0.25) is 0 Å². The molecular weight excluding hydrogens is 260 g/mol. The molecule has 0 heterocycles. The van der Waals surface area contributed by atoms with Crippen molar-refractivity contribution >= 4 is 15.9 Å². The average molecular weight is 283 g/mol. The van der Waals surface area contributed by atoms with Crippen molar-refractivity contribution in [2.75, 3.05) is 0 Å². The van der Waals surface area contributed by atoms with Gasteiger partial charge in [-0.25, -0.2) is 0 Å². The van der Waals surface area contributed by atoms with Crippen molar-refractivity contribution in [3.8, 4) is 0 Å². The van der Waals surface area contributed by atoms with Crippen LogP contribution in [0.25, 0.3) is 0 Å². The summed E-state index contributed by atoms with van der Waals surface area (Å²) in [4.78, 5) is 0.422. The van der Waals surface area contributed by atoms with Gasteiger partial charge in [-0.15, -0.1) is 0 Å². The van der Waals surface area contributed by atoms with Gasteiger partial charge < -0.3 is 0 Å². The molecule has 1 heteroatoms. The zero-order valence-electron chi connectivity index (χ0n) is 11.0. The smallest absolute Gasteiger partial charge is 0.0443 e. The molecule has 1 rings (SSSR count). The van der Waals surface area contributed by atoms with E-state index in [1.807, 2.05) is 0 Å². The van der Waals surface area contributed by atoms with Gasteiger partial charge in [0.2, 0.25) is 0 Å². The van der Waals surface area contributed by atoms with Crippen molar-refractivity contribution in [3.63, 3.8) is 0 Å². The standard InChI is InChI=1S/C15H23Br/c1-6-11(2)12-7-9-13(10-8-12)14(16)15(3,4)5/h7-11,14H,6H2,1-5H3. The maximum absolute atomic E-state index is 3.79. The molecule has 0 spiro atoms. The van der Waals surface area contributed by atoms with Gasteiger partial charge in [-0.1, -0.05) is 74.8 Å². The first-order valence-corrected chi connectivity index (χ1v) is 7.01. The molecule has 2 atom stereocenters. The highest BCUT2D eigenvalue weighted by molar-refractivity contribution is 9.09. The summed E-state index contributed by atoms with van der Waals surface area (Å²) < 4.78 is 0. The molecule has 0 nitrogen and oxygen atoms in total. The van der Waals surface area contributed by atoms with Crippen molar-refractivity contribution in [1.29, 1.82) is 0 Å². The normalized spacial score (nSPS) is 15.9. The number of rotatable bonds is 3. The van der Waals surface area contributed by atoms with Crippen molar-refractivity contribution < 1.29 is 0 Å². The van der Waals surface area contributed by atoms with Crippen LogP contribution in [0.4, 0.5) is 0 Å². The van der Waals surface area contributed by atoms with Crippen LogP contribution in [0.1, 0.15) is 62.9 Å². The zero-order valence-corrected chi connectivity index (χ0v) is 12.6. The fraction of sp³-hybridized carbons (Fsp3) is 0.600. The predicted octanol–water partition coefficient (Wildman–Crippen LogP) is 5.68. The van der Waals surface area contributed by atoms with Crippen LogP contribution >= 0.6 is 15.9 Å². The van der Waals surface area contributed by atoms with E-state index < -0.39 is 0 Å². The van der Waals surface area contributed by atoms with Gasteiger partial charge in [-0.3, -0.25) is 0 Å². The first-order chi connectivity index (χ1) is 7.36. The van der Waals surface area contributed by atoms with E-state index in [2.05, 4.69) is 74.8 Å². The van der Waals surface area contributed by atoms with E-state index in [4.69, 9.17) is 0 Å². The van der Waals surface area contributed by atoms with Gasteiger partial charge in [0.25, 0.3) is 0 Å². The summed E-state index contributed by atoms with van der Waals surface area (Å²) in [5, 5.41) is 0. The number of hydrogen-bond acceptors (Lipinski definition) is 0. The first-order valence-electron chi connectivity index (χ1n) is 6.10. The van der Waals surface area contributed by atoms with Gasteiger partial charge in [0.05, 0.1) is 0 Å². The summed E-state index contributed by atoms with van der Waals surface area (Å²) in [7, 11) is 0. The van der Waals surface area contributed by atoms with E-state index in [1.165, 1.54) is 17.5 Å². The third-order valence-corrected chi connectivity index (χ3v) is 5.07. The van der Waals surface area contributed by atoms with Gasteiger partial charge >= 0.3 is 0 Å². The number of hydrogen-bond donors (Lipinski definition) is 0. The lowest BCUT2D eigenvalue weighted by molar-refractivity contribution is 0.407. The molecule has 1 aromatic carbocycles. The number of alkyl halides is 1. The summed E-state index contributed by atoms with van der Waals surface area (Å²) in [6, 6.07) is 9.05. The van der Waals surface area contributed by atoms with Crippen molar-refractivity contribution in [1.82, 2.24) is 0 Å². The molecule has 0 aliphatic heterocycles. The summed E-state index contributed by atoms with van der Waals surface area (Å²) in [5.41, 5.74) is 3.08. The molecule has 0 saturated heterocycles. The average Bonchev–Trinajstić information content (AvgIpc) is 2.26. The van der Waals surface area contributed by atoms with Crippen LogP contribution in [0.3, 0.4) is 0 Å². The molecule has 16 heavy (non-hydrogen) atoms. The van der Waals surface area contributed by atoms with Crippen LogP contribution < -0.4 is 0 Å². The lowest BCUT2D eigenvalue weighted by Gasteiger charge is -2.26. The van der Waals surface area contributed by atoms with Gasteiger partial charge in [-0.2, -0.15) is 0 Å². The molecule has 0 radical (unpaired) electrons. The van der Waals surface area contributed by atoms with E-state index in [-0.39, 0.29) is 5.41 Å². The maximum Gasteiger partial charge on any atom is 0.0443 e. The fourth-order valence-corrected chi connectivity index (χ4v) is 2.03. The molecule has 0 N–H and O–H groups in total. The molecule has 0 aromatic heterocycles. The summed E-state index contributed by atoms with van der Waals surface area (Å²) in [5.74, 6) is 0.664. The first kappa shape index (κ1) is 13.8. The molecule has 0 bridgehead atoms. The molecule has 0 amide bonds. The Morgan fingerprint density at radius 3 is 1.88 bits per heavy atom. The third-order valence-electron chi connectivity index (χ3n) is 3.17.